The van der Waals surface area contributed by atoms with Crippen LogP contribution in [0.1, 0.15) is 24.8 Å². The van der Waals surface area contributed by atoms with Gasteiger partial charge in [0.1, 0.15) is 18.5 Å². The van der Waals surface area contributed by atoms with Crippen molar-refractivity contribution in [3.63, 3.8) is 0 Å². The monoisotopic (exact) mass is 377 g/mol. The normalized spacial score (nSPS) is 17.7. The number of ether oxygens (including phenoxy) is 1. The fourth-order valence-corrected chi connectivity index (χ4v) is 4.41. The molecule has 1 saturated heterocycles. The number of hydrogen-bond acceptors (Lipinski definition) is 5. The fourth-order valence-electron chi connectivity index (χ4n) is 2.93. The third-order valence-corrected chi connectivity index (χ3v) is 6.22. The predicted molar refractivity (Wildman–Crippen MR) is 93.7 cm³/mol. The molecule has 2 aromatic rings. The van der Waals surface area contributed by atoms with Crippen molar-refractivity contribution in [2.45, 2.75) is 41.7 Å². The van der Waals surface area contributed by atoms with Crippen LogP contribution >= 0.6 is 0 Å². The van der Waals surface area contributed by atoms with Crippen molar-refractivity contribution < 1.29 is 22.3 Å². The minimum atomic E-state index is -3.83. The zero-order valence-electron chi connectivity index (χ0n) is 14.2. The van der Waals surface area contributed by atoms with Crippen LogP contribution in [-0.4, -0.2) is 27.0 Å². The highest BCUT2D eigenvalue weighted by molar-refractivity contribution is 7.91. The summed E-state index contributed by atoms with van der Waals surface area (Å²) in [5.41, 5.74) is 0.390. The summed E-state index contributed by atoms with van der Waals surface area (Å²) in [5.74, 6) is -0.884. The van der Waals surface area contributed by atoms with Gasteiger partial charge in [-0.15, -0.1) is 0 Å². The molecule has 1 atom stereocenters. The Bertz CT molecular complexity index is 875. The van der Waals surface area contributed by atoms with Crippen LogP contribution in [0.25, 0.3) is 0 Å². The first kappa shape index (κ1) is 18.5. The van der Waals surface area contributed by atoms with E-state index in [2.05, 4.69) is 5.32 Å². The molecular formula is C19H20FNO4S. The Morgan fingerprint density at radius 1 is 1.12 bits per heavy atom. The molecule has 1 N–H and O–H groups in total. The van der Waals surface area contributed by atoms with E-state index in [4.69, 9.17) is 4.74 Å². The van der Waals surface area contributed by atoms with E-state index >= 15 is 0 Å². The van der Waals surface area contributed by atoms with Gasteiger partial charge in [0.15, 0.2) is 0 Å². The molecule has 7 heteroatoms. The number of esters is 1. The molecule has 1 unspecified atom stereocenters. The summed E-state index contributed by atoms with van der Waals surface area (Å²) >= 11 is 0. The number of rotatable bonds is 5. The fraction of sp³-hybridized carbons (Fsp3) is 0.316. The number of benzene rings is 2. The minimum Gasteiger partial charge on any atom is -0.460 e. The molecule has 1 heterocycles. The zero-order valence-corrected chi connectivity index (χ0v) is 15.0. The van der Waals surface area contributed by atoms with Gasteiger partial charge in [0.05, 0.1) is 9.79 Å². The smallest absolute Gasteiger partial charge is 0.323 e. The molecule has 1 aliphatic heterocycles. The van der Waals surface area contributed by atoms with E-state index in [0.717, 1.165) is 31.5 Å². The Morgan fingerprint density at radius 3 is 2.54 bits per heavy atom. The van der Waals surface area contributed by atoms with Gasteiger partial charge in [-0.1, -0.05) is 24.6 Å². The van der Waals surface area contributed by atoms with E-state index in [9.17, 15) is 17.6 Å². The van der Waals surface area contributed by atoms with Crippen LogP contribution in [0.2, 0.25) is 0 Å². The van der Waals surface area contributed by atoms with E-state index in [1.165, 1.54) is 18.2 Å². The van der Waals surface area contributed by atoms with Gasteiger partial charge in [-0.25, -0.2) is 12.8 Å². The van der Waals surface area contributed by atoms with E-state index in [-0.39, 0.29) is 28.4 Å². The van der Waals surface area contributed by atoms with Gasteiger partial charge >= 0.3 is 5.97 Å². The van der Waals surface area contributed by atoms with Crippen LogP contribution in [-0.2, 0) is 26.0 Å². The molecule has 0 aromatic heterocycles. The van der Waals surface area contributed by atoms with Gasteiger partial charge in [-0.05, 0) is 49.7 Å². The second kappa shape index (κ2) is 7.97. The lowest BCUT2D eigenvalue weighted by Gasteiger charge is -2.22. The lowest BCUT2D eigenvalue weighted by atomic mass is 10.1. The number of carbonyl (C=O) groups is 1. The van der Waals surface area contributed by atoms with E-state index in [1.54, 1.807) is 18.2 Å². The van der Waals surface area contributed by atoms with Gasteiger partial charge in [0, 0.05) is 5.56 Å². The topological polar surface area (TPSA) is 72.5 Å². The Kier molecular flexibility index (Phi) is 5.68. The van der Waals surface area contributed by atoms with Gasteiger partial charge in [0.25, 0.3) is 0 Å². The molecule has 5 nitrogen and oxygen atoms in total. The first-order valence-corrected chi connectivity index (χ1v) is 9.95. The maximum absolute atomic E-state index is 13.1. The highest BCUT2D eigenvalue weighted by atomic mass is 32.2. The molecule has 0 saturated carbocycles. The molecular weight excluding hydrogens is 357 g/mol. The molecule has 1 aliphatic rings. The van der Waals surface area contributed by atoms with E-state index < -0.39 is 15.7 Å². The van der Waals surface area contributed by atoms with Gasteiger partial charge in [-0.2, -0.15) is 0 Å². The first-order valence-electron chi connectivity index (χ1n) is 8.47. The SMILES string of the molecule is O=C(OCc1ccccc1S(=O)(=O)c1ccc(F)cc1)C1CCCCN1. The Balaban J connectivity index is 1.79. The second-order valence-electron chi connectivity index (χ2n) is 6.18. The summed E-state index contributed by atoms with van der Waals surface area (Å²) in [6.45, 7) is 0.642. The molecule has 0 bridgehead atoms. The van der Waals surface area contributed by atoms with Gasteiger partial charge in [0.2, 0.25) is 9.84 Å². The van der Waals surface area contributed by atoms with Crippen LogP contribution in [0.5, 0.6) is 0 Å². The second-order valence-corrected chi connectivity index (χ2v) is 8.09. The highest BCUT2D eigenvalue weighted by Crippen LogP contribution is 2.25. The van der Waals surface area contributed by atoms with Crippen molar-refractivity contribution in [2.75, 3.05) is 6.54 Å². The lowest BCUT2D eigenvalue weighted by molar-refractivity contribution is -0.148. The third-order valence-electron chi connectivity index (χ3n) is 4.35. The molecule has 1 fully saturated rings. The Labute approximate surface area is 152 Å². The summed E-state index contributed by atoms with van der Waals surface area (Å²) in [6.07, 6.45) is 2.71. The zero-order chi connectivity index (χ0) is 18.6. The average molecular weight is 377 g/mol. The van der Waals surface area contributed by atoms with Crippen molar-refractivity contribution >= 4 is 15.8 Å². The van der Waals surface area contributed by atoms with Crippen LogP contribution in [0.4, 0.5) is 4.39 Å². The summed E-state index contributed by atoms with van der Waals surface area (Å²) in [6, 6.07) is 10.7. The van der Waals surface area contributed by atoms with Crippen molar-refractivity contribution in [3.05, 3.63) is 59.9 Å². The lowest BCUT2D eigenvalue weighted by Crippen LogP contribution is -2.41. The number of piperidine rings is 1. The molecule has 26 heavy (non-hydrogen) atoms. The maximum atomic E-state index is 13.1. The average Bonchev–Trinajstić information content (AvgIpc) is 2.67. The Morgan fingerprint density at radius 2 is 1.85 bits per heavy atom. The summed E-state index contributed by atoms with van der Waals surface area (Å²) in [5, 5.41) is 3.10. The number of carbonyl (C=O) groups excluding carboxylic acids is 1. The number of sulfone groups is 1. The van der Waals surface area contributed by atoms with Gasteiger partial charge < -0.3 is 10.1 Å². The minimum absolute atomic E-state index is 0.00776. The number of halogens is 1. The molecule has 0 spiro atoms. The van der Waals surface area contributed by atoms with E-state index in [0.29, 0.717) is 12.0 Å². The highest BCUT2D eigenvalue weighted by Gasteiger charge is 2.24. The summed E-state index contributed by atoms with van der Waals surface area (Å²) in [4.78, 5) is 12.2. The van der Waals surface area contributed by atoms with Crippen LogP contribution in [0.3, 0.4) is 0 Å². The third kappa shape index (κ3) is 4.11. The summed E-state index contributed by atoms with van der Waals surface area (Å²) in [7, 11) is -3.83. The number of nitrogens with one attached hydrogen (secondary N) is 1. The summed E-state index contributed by atoms with van der Waals surface area (Å²) < 4.78 is 44.1. The predicted octanol–water partition coefficient (Wildman–Crippen LogP) is 2.84. The molecule has 3 rings (SSSR count). The quantitative estimate of drug-likeness (QED) is 0.641. The first-order chi connectivity index (χ1) is 12.5. The van der Waals surface area contributed by atoms with E-state index in [1.807, 2.05) is 0 Å². The molecule has 0 aliphatic carbocycles. The maximum Gasteiger partial charge on any atom is 0.323 e. The van der Waals surface area contributed by atoms with Crippen LogP contribution < -0.4 is 5.32 Å². The van der Waals surface area contributed by atoms with Crippen molar-refractivity contribution in [3.8, 4) is 0 Å². The van der Waals surface area contributed by atoms with Crippen LogP contribution in [0.15, 0.2) is 58.3 Å². The Hall–Kier alpha value is -2.25. The van der Waals surface area contributed by atoms with Crippen LogP contribution in [0, 0.1) is 5.82 Å². The number of hydrogen-bond donors (Lipinski definition) is 1. The van der Waals surface area contributed by atoms with Crippen molar-refractivity contribution in [1.29, 1.82) is 0 Å². The molecule has 138 valence electrons. The standard InChI is InChI=1S/C19H20FNO4S/c20-15-8-10-16(11-9-15)26(23,24)18-7-2-1-5-14(18)13-25-19(22)17-6-3-4-12-21-17/h1-2,5,7-11,17,21H,3-4,6,12-13H2. The van der Waals surface area contributed by atoms with Crippen molar-refractivity contribution in [1.82, 2.24) is 5.32 Å². The van der Waals surface area contributed by atoms with Crippen molar-refractivity contribution in [2.24, 2.45) is 0 Å². The van der Waals surface area contributed by atoms with Gasteiger partial charge in [-0.3, -0.25) is 4.79 Å². The molecule has 0 radical (unpaired) electrons. The largest absolute Gasteiger partial charge is 0.460 e. The molecule has 2 aromatic carbocycles. The molecule has 0 amide bonds.